The summed E-state index contributed by atoms with van der Waals surface area (Å²) in [6.45, 7) is 0.267. The first-order valence-corrected chi connectivity index (χ1v) is 8.90. The fourth-order valence-electron chi connectivity index (χ4n) is 3.06. The minimum absolute atomic E-state index is 0.0352. The van der Waals surface area contributed by atoms with Crippen LogP contribution >= 0.6 is 11.3 Å². The number of carbonyl (C=O) groups is 1. The summed E-state index contributed by atoms with van der Waals surface area (Å²) < 4.78 is 0. The number of terminal acetylenes is 1. The van der Waals surface area contributed by atoms with Crippen molar-refractivity contribution in [1.82, 2.24) is 4.90 Å². The molecule has 0 fully saturated rings. The number of hydrogen-bond acceptors (Lipinski definition) is 3. The third kappa shape index (κ3) is 2.79. The Kier molecular flexibility index (Phi) is 4.01. The maximum absolute atomic E-state index is 12.9. The summed E-state index contributed by atoms with van der Waals surface area (Å²) in [5.41, 5.74) is 3.82. The van der Waals surface area contributed by atoms with Crippen LogP contribution in [0.4, 0.5) is 5.69 Å². The highest BCUT2D eigenvalue weighted by atomic mass is 32.1. The molecule has 1 atom stereocenters. The van der Waals surface area contributed by atoms with Gasteiger partial charge in [-0.15, -0.1) is 17.8 Å². The molecule has 3 nitrogen and oxygen atoms in total. The van der Waals surface area contributed by atoms with E-state index in [1.54, 1.807) is 16.2 Å². The molecule has 1 aliphatic heterocycles. The van der Waals surface area contributed by atoms with Gasteiger partial charge in [0.1, 0.15) is 6.17 Å². The van der Waals surface area contributed by atoms with Gasteiger partial charge in [0.05, 0.1) is 12.1 Å². The molecule has 1 aromatic heterocycles. The average Bonchev–Trinajstić information content (AvgIpc) is 3.15. The highest BCUT2D eigenvalue weighted by Crippen LogP contribution is 2.37. The first kappa shape index (κ1) is 15.5. The van der Waals surface area contributed by atoms with E-state index in [1.807, 2.05) is 42.5 Å². The second-order valence-electron chi connectivity index (χ2n) is 5.83. The summed E-state index contributed by atoms with van der Waals surface area (Å²) in [6.07, 6.45) is 5.26. The molecule has 122 valence electrons. The molecule has 4 heteroatoms. The SMILES string of the molecule is C#CCN1C(=O)c2ccccc2N[C@H]1c1cc(-c2ccccc2)cs1. The molecule has 2 aromatic carbocycles. The van der Waals surface area contributed by atoms with Crippen molar-refractivity contribution in [3.05, 3.63) is 76.5 Å². The minimum Gasteiger partial charge on any atom is -0.360 e. The van der Waals surface area contributed by atoms with E-state index in [0.717, 1.165) is 21.7 Å². The molecule has 1 N–H and O–H groups in total. The molecule has 0 saturated heterocycles. The maximum Gasteiger partial charge on any atom is 0.258 e. The smallest absolute Gasteiger partial charge is 0.258 e. The van der Waals surface area contributed by atoms with E-state index in [-0.39, 0.29) is 18.6 Å². The Balaban J connectivity index is 1.73. The Morgan fingerprint density at radius 2 is 1.84 bits per heavy atom. The maximum atomic E-state index is 12.9. The van der Waals surface area contributed by atoms with Crippen LogP contribution in [0.15, 0.2) is 66.0 Å². The number of rotatable bonds is 3. The van der Waals surface area contributed by atoms with Crippen LogP contribution in [0, 0.1) is 12.3 Å². The molecule has 0 spiro atoms. The van der Waals surface area contributed by atoms with Gasteiger partial charge in [0.25, 0.3) is 5.91 Å². The molecule has 0 radical (unpaired) electrons. The van der Waals surface area contributed by atoms with Gasteiger partial charge in [-0.25, -0.2) is 0 Å². The van der Waals surface area contributed by atoms with Crippen molar-refractivity contribution in [2.24, 2.45) is 0 Å². The zero-order valence-electron chi connectivity index (χ0n) is 13.5. The fraction of sp³-hybridized carbons (Fsp3) is 0.0952. The standard InChI is InChI=1S/C21H16N2OS/c1-2-12-23-20(22-18-11-7-6-10-17(18)21(23)24)19-13-16(14-25-19)15-8-4-3-5-9-15/h1,3-11,13-14,20,22H,12H2/t20-/m1/s1. The predicted molar refractivity (Wildman–Crippen MR) is 102 cm³/mol. The van der Waals surface area contributed by atoms with Crippen molar-refractivity contribution in [2.45, 2.75) is 6.17 Å². The van der Waals surface area contributed by atoms with Gasteiger partial charge in [0.15, 0.2) is 0 Å². The number of thiophene rings is 1. The summed E-state index contributed by atoms with van der Waals surface area (Å²) >= 11 is 1.63. The van der Waals surface area contributed by atoms with E-state index < -0.39 is 0 Å². The van der Waals surface area contributed by atoms with Crippen molar-refractivity contribution in [3.8, 4) is 23.5 Å². The lowest BCUT2D eigenvalue weighted by atomic mass is 10.1. The van der Waals surface area contributed by atoms with Crippen LogP contribution in [0.5, 0.6) is 0 Å². The monoisotopic (exact) mass is 344 g/mol. The van der Waals surface area contributed by atoms with Gasteiger partial charge in [0.2, 0.25) is 0 Å². The molecule has 0 unspecified atom stereocenters. The van der Waals surface area contributed by atoms with Crippen LogP contribution in [0.1, 0.15) is 21.4 Å². The summed E-state index contributed by atoms with van der Waals surface area (Å²) in [5.74, 6) is 2.57. The van der Waals surface area contributed by atoms with Gasteiger partial charge in [-0.1, -0.05) is 48.4 Å². The van der Waals surface area contributed by atoms with Gasteiger partial charge in [-0.2, -0.15) is 0 Å². The zero-order chi connectivity index (χ0) is 17.2. The molecule has 1 amide bonds. The fourth-order valence-corrected chi connectivity index (χ4v) is 4.03. The van der Waals surface area contributed by atoms with E-state index in [4.69, 9.17) is 6.42 Å². The van der Waals surface area contributed by atoms with Crippen molar-refractivity contribution in [1.29, 1.82) is 0 Å². The van der Waals surface area contributed by atoms with E-state index in [1.165, 1.54) is 0 Å². The lowest BCUT2D eigenvalue weighted by molar-refractivity contribution is 0.0714. The van der Waals surface area contributed by atoms with Gasteiger partial charge in [-0.3, -0.25) is 4.79 Å². The van der Waals surface area contributed by atoms with Gasteiger partial charge >= 0.3 is 0 Å². The van der Waals surface area contributed by atoms with Gasteiger partial charge < -0.3 is 10.2 Å². The summed E-state index contributed by atoms with van der Waals surface area (Å²) in [5, 5.41) is 5.58. The molecule has 1 aliphatic rings. The van der Waals surface area contributed by atoms with Crippen LogP contribution in [0.25, 0.3) is 11.1 Å². The largest absolute Gasteiger partial charge is 0.360 e. The molecule has 0 aliphatic carbocycles. The Bertz CT molecular complexity index is 955. The normalized spacial score (nSPS) is 16.0. The summed E-state index contributed by atoms with van der Waals surface area (Å²) in [6, 6.07) is 19.9. The van der Waals surface area contributed by atoms with Gasteiger partial charge in [-0.05, 0) is 34.7 Å². The Morgan fingerprint density at radius 1 is 1.08 bits per heavy atom. The van der Waals surface area contributed by atoms with Crippen LogP contribution < -0.4 is 5.32 Å². The Hall–Kier alpha value is -3.03. The van der Waals surface area contributed by atoms with Crippen molar-refractivity contribution in [2.75, 3.05) is 11.9 Å². The van der Waals surface area contributed by atoms with Crippen LogP contribution in [0.3, 0.4) is 0 Å². The number of nitrogens with one attached hydrogen (secondary N) is 1. The Morgan fingerprint density at radius 3 is 2.64 bits per heavy atom. The highest BCUT2D eigenvalue weighted by molar-refractivity contribution is 7.10. The first-order chi connectivity index (χ1) is 12.3. The van der Waals surface area contributed by atoms with E-state index >= 15 is 0 Å². The van der Waals surface area contributed by atoms with Crippen molar-refractivity contribution in [3.63, 3.8) is 0 Å². The second kappa shape index (κ2) is 6.46. The number of carbonyl (C=O) groups excluding carboxylic acids is 1. The molecular formula is C21H16N2OS. The summed E-state index contributed by atoms with van der Waals surface area (Å²) in [4.78, 5) is 15.6. The number of amides is 1. The van der Waals surface area contributed by atoms with E-state index in [0.29, 0.717) is 5.56 Å². The van der Waals surface area contributed by atoms with Gasteiger partial charge in [0, 0.05) is 10.6 Å². The molecule has 3 aromatic rings. The third-order valence-electron chi connectivity index (χ3n) is 4.28. The number of hydrogen-bond donors (Lipinski definition) is 1. The number of benzene rings is 2. The quantitative estimate of drug-likeness (QED) is 0.704. The molecule has 0 saturated carbocycles. The number of fused-ring (bicyclic) bond motifs is 1. The van der Waals surface area contributed by atoms with Crippen LogP contribution in [-0.4, -0.2) is 17.4 Å². The average molecular weight is 344 g/mol. The van der Waals surface area contributed by atoms with Crippen LogP contribution in [0.2, 0.25) is 0 Å². The highest BCUT2D eigenvalue weighted by Gasteiger charge is 2.33. The zero-order valence-corrected chi connectivity index (χ0v) is 14.3. The topological polar surface area (TPSA) is 32.3 Å². The second-order valence-corrected chi connectivity index (χ2v) is 6.78. The summed E-state index contributed by atoms with van der Waals surface area (Å²) in [7, 11) is 0. The third-order valence-corrected chi connectivity index (χ3v) is 5.27. The van der Waals surface area contributed by atoms with Crippen LogP contribution in [-0.2, 0) is 0 Å². The number of nitrogens with zero attached hydrogens (tertiary/aromatic N) is 1. The minimum atomic E-state index is -0.249. The molecule has 0 bridgehead atoms. The van der Waals surface area contributed by atoms with E-state index in [9.17, 15) is 4.79 Å². The first-order valence-electron chi connectivity index (χ1n) is 8.02. The van der Waals surface area contributed by atoms with E-state index in [2.05, 4.69) is 34.8 Å². The van der Waals surface area contributed by atoms with Crippen molar-refractivity contribution < 1.29 is 4.79 Å². The molecular weight excluding hydrogens is 328 g/mol. The number of anilines is 1. The molecule has 25 heavy (non-hydrogen) atoms. The molecule has 4 rings (SSSR count). The number of para-hydroxylation sites is 1. The lowest BCUT2D eigenvalue weighted by Crippen LogP contribution is -2.42. The Labute approximate surface area is 150 Å². The predicted octanol–water partition coefficient (Wildman–Crippen LogP) is 4.61. The van der Waals surface area contributed by atoms with Crippen molar-refractivity contribution >= 4 is 22.9 Å². The lowest BCUT2D eigenvalue weighted by Gasteiger charge is -2.36. The molecule has 2 heterocycles.